The third-order valence-corrected chi connectivity index (χ3v) is 3.96. The monoisotopic (exact) mass is 290 g/mol. The summed E-state index contributed by atoms with van der Waals surface area (Å²) in [6, 6.07) is 4.98. The average molecular weight is 290 g/mol. The maximum atomic E-state index is 14.0. The fourth-order valence-electron chi connectivity index (χ4n) is 2.57. The average Bonchev–Trinajstić information content (AvgIpc) is 2.48. The maximum absolute atomic E-state index is 14.0. The number of aliphatic hydroxyl groups excluding tert-OH is 1. The molecule has 114 valence electrons. The predicted molar refractivity (Wildman–Crippen MR) is 81.2 cm³/mol. The van der Waals surface area contributed by atoms with E-state index < -0.39 is 0 Å². The molecule has 0 aromatic heterocycles. The quantitative estimate of drug-likeness (QED) is 0.858. The van der Waals surface area contributed by atoms with E-state index in [1.807, 2.05) is 0 Å². The van der Waals surface area contributed by atoms with Crippen molar-refractivity contribution in [2.24, 2.45) is 5.92 Å². The van der Waals surface area contributed by atoms with Crippen LogP contribution in [-0.2, 0) is 11.3 Å². The minimum Gasteiger partial charge on any atom is -0.395 e. The summed E-state index contributed by atoms with van der Waals surface area (Å²) in [7, 11) is 0. The molecule has 0 bridgehead atoms. The smallest absolute Gasteiger partial charge is 0.129 e. The Morgan fingerprint density at radius 3 is 2.71 bits per heavy atom. The van der Waals surface area contributed by atoms with E-state index in [0.29, 0.717) is 24.2 Å². The topological polar surface area (TPSA) is 29.5 Å². The second-order valence-electron chi connectivity index (χ2n) is 5.77. The SMILES string of the molecule is CC1CCC(OCc2ccc(C#CCCO)cc2F)CC1. The molecule has 2 rings (SSSR count). The Labute approximate surface area is 126 Å². The van der Waals surface area contributed by atoms with E-state index in [2.05, 4.69) is 18.8 Å². The van der Waals surface area contributed by atoms with Crippen LogP contribution in [0, 0.1) is 23.6 Å². The first-order valence-electron chi connectivity index (χ1n) is 7.69. The van der Waals surface area contributed by atoms with Crippen LogP contribution < -0.4 is 0 Å². The molecule has 0 amide bonds. The molecule has 1 aromatic carbocycles. The lowest BCUT2D eigenvalue weighted by Gasteiger charge is -2.26. The van der Waals surface area contributed by atoms with Crippen molar-refractivity contribution >= 4 is 0 Å². The molecule has 0 radical (unpaired) electrons. The van der Waals surface area contributed by atoms with Crippen LogP contribution in [-0.4, -0.2) is 17.8 Å². The van der Waals surface area contributed by atoms with Gasteiger partial charge in [0.05, 0.1) is 19.3 Å². The van der Waals surface area contributed by atoms with Crippen LogP contribution in [0.3, 0.4) is 0 Å². The molecule has 0 unspecified atom stereocenters. The predicted octanol–water partition coefficient (Wildman–Crippen LogP) is 3.65. The fraction of sp³-hybridized carbons (Fsp3) is 0.556. The summed E-state index contributed by atoms with van der Waals surface area (Å²) in [4.78, 5) is 0. The van der Waals surface area contributed by atoms with Gasteiger partial charge in [-0.3, -0.25) is 0 Å². The third-order valence-electron chi connectivity index (χ3n) is 3.96. The molecule has 0 atom stereocenters. The van der Waals surface area contributed by atoms with Gasteiger partial charge in [0.1, 0.15) is 5.82 Å². The number of aliphatic hydroxyl groups is 1. The molecule has 1 aliphatic rings. The number of benzene rings is 1. The van der Waals surface area contributed by atoms with E-state index in [-0.39, 0.29) is 18.5 Å². The highest BCUT2D eigenvalue weighted by atomic mass is 19.1. The van der Waals surface area contributed by atoms with Gasteiger partial charge in [0.25, 0.3) is 0 Å². The zero-order valence-electron chi connectivity index (χ0n) is 12.6. The molecule has 21 heavy (non-hydrogen) atoms. The van der Waals surface area contributed by atoms with Crippen LogP contribution in [0.25, 0.3) is 0 Å². The van der Waals surface area contributed by atoms with Crippen molar-refractivity contribution < 1.29 is 14.2 Å². The maximum Gasteiger partial charge on any atom is 0.129 e. The summed E-state index contributed by atoms with van der Waals surface area (Å²) in [6.07, 6.45) is 5.23. The number of rotatable bonds is 4. The number of hydrogen-bond donors (Lipinski definition) is 1. The van der Waals surface area contributed by atoms with Gasteiger partial charge < -0.3 is 9.84 Å². The van der Waals surface area contributed by atoms with Crippen molar-refractivity contribution in [3.8, 4) is 11.8 Å². The second kappa shape index (κ2) is 8.17. The lowest BCUT2D eigenvalue weighted by Crippen LogP contribution is -2.20. The number of ether oxygens (including phenoxy) is 1. The Bertz CT molecular complexity index is 508. The molecule has 1 aliphatic carbocycles. The minimum atomic E-state index is -0.269. The van der Waals surface area contributed by atoms with E-state index in [9.17, 15) is 4.39 Å². The van der Waals surface area contributed by atoms with E-state index in [4.69, 9.17) is 9.84 Å². The van der Waals surface area contributed by atoms with Gasteiger partial charge in [-0.1, -0.05) is 24.8 Å². The van der Waals surface area contributed by atoms with E-state index in [1.165, 1.54) is 18.9 Å². The van der Waals surface area contributed by atoms with Crippen LogP contribution in [0.4, 0.5) is 4.39 Å². The number of halogens is 1. The van der Waals surface area contributed by atoms with Gasteiger partial charge in [-0.05, 0) is 43.7 Å². The summed E-state index contributed by atoms with van der Waals surface area (Å²) in [5.41, 5.74) is 1.22. The van der Waals surface area contributed by atoms with Crippen molar-refractivity contribution in [3.05, 3.63) is 35.1 Å². The Hall–Kier alpha value is -1.37. The highest BCUT2D eigenvalue weighted by Crippen LogP contribution is 2.26. The first kappa shape index (κ1) is 16.0. The summed E-state index contributed by atoms with van der Waals surface area (Å²) in [5.74, 6) is 6.14. The molecule has 0 heterocycles. The third kappa shape index (κ3) is 5.15. The van der Waals surface area contributed by atoms with Crippen molar-refractivity contribution in [3.63, 3.8) is 0 Å². The van der Waals surface area contributed by atoms with Crippen LogP contribution in [0.2, 0.25) is 0 Å². The molecule has 2 nitrogen and oxygen atoms in total. The van der Waals surface area contributed by atoms with Crippen molar-refractivity contribution in [1.82, 2.24) is 0 Å². The molecule has 1 N–H and O–H groups in total. The van der Waals surface area contributed by atoms with Crippen LogP contribution in [0.5, 0.6) is 0 Å². The summed E-state index contributed by atoms with van der Waals surface area (Å²) in [5, 5.41) is 8.66. The lowest BCUT2D eigenvalue weighted by molar-refractivity contribution is 0.00759. The van der Waals surface area contributed by atoms with E-state index >= 15 is 0 Å². The Morgan fingerprint density at radius 2 is 2.05 bits per heavy atom. The highest BCUT2D eigenvalue weighted by Gasteiger charge is 2.18. The van der Waals surface area contributed by atoms with Crippen molar-refractivity contribution in [1.29, 1.82) is 0 Å². The van der Waals surface area contributed by atoms with Crippen LogP contribution in [0.15, 0.2) is 18.2 Å². The second-order valence-corrected chi connectivity index (χ2v) is 5.77. The van der Waals surface area contributed by atoms with Gasteiger partial charge in [-0.15, -0.1) is 0 Å². The Morgan fingerprint density at radius 1 is 1.29 bits per heavy atom. The van der Waals surface area contributed by atoms with Gasteiger partial charge >= 0.3 is 0 Å². The van der Waals surface area contributed by atoms with Gasteiger partial charge in [0.2, 0.25) is 0 Å². The Kier molecular flexibility index (Phi) is 6.22. The zero-order valence-corrected chi connectivity index (χ0v) is 12.6. The first-order chi connectivity index (χ1) is 10.2. The van der Waals surface area contributed by atoms with Crippen LogP contribution >= 0.6 is 0 Å². The standard InChI is InChI=1S/C18H23FO2/c1-14-5-9-17(10-6-14)21-13-16-8-7-15(12-18(16)19)4-2-3-11-20/h7-8,12,14,17,20H,3,5-6,9-11,13H2,1H3. The minimum absolute atomic E-state index is 0.0292. The fourth-order valence-corrected chi connectivity index (χ4v) is 2.57. The van der Waals surface area contributed by atoms with Gasteiger partial charge in [-0.25, -0.2) is 4.39 Å². The highest BCUT2D eigenvalue weighted by molar-refractivity contribution is 5.36. The number of hydrogen-bond acceptors (Lipinski definition) is 2. The molecular formula is C18H23FO2. The largest absolute Gasteiger partial charge is 0.395 e. The van der Waals surface area contributed by atoms with E-state index in [0.717, 1.165) is 18.8 Å². The Balaban J connectivity index is 1.88. The molecule has 0 saturated heterocycles. The molecule has 3 heteroatoms. The molecule has 1 aromatic rings. The zero-order chi connectivity index (χ0) is 15.1. The summed E-state index contributed by atoms with van der Waals surface area (Å²) in [6.45, 7) is 2.63. The molecule has 0 aliphatic heterocycles. The van der Waals surface area contributed by atoms with Crippen LogP contribution in [0.1, 0.15) is 50.2 Å². The van der Waals surface area contributed by atoms with E-state index in [1.54, 1.807) is 12.1 Å². The first-order valence-corrected chi connectivity index (χ1v) is 7.69. The van der Waals surface area contributed by atoms with Crippen molar-refractivity contribution in [2.45, 2.75) is 51.7 Å². The molecule has 1 saturated carbocycles. The molecular weight excluding hydrogens is 267 g/mol. The van der Waals surface area contributed by atoms with Gasteiger partial charge in [0.15, 0.2) is 0 Å². The normalized spacial score (nSPS) is 21.7. The van der Waals surface area contributed by atoms with Gasteiger partial charge in [0, 0.05) is 17.5 Å². The summed E-state index contributed by atoms with van der Waals surface area (Å²) >= 11 is 0. The lowest BCUT2D eigenvalue weighted by atomic mass is 9.89. The summed E-state index contributed by atoms with van der Waals surface area (Å²) < 4.78 is 19.8. The van der Waals surface area contributed by atoms with Crippen molar-refractivity contribution in [2.75, 3.05) is 6.61 Å². The van der Waals surface area contributed by atoms with Gasteiger partial charge in [-0.2, -0.15) is 0 Å². The molecule has 0 spiro atoms. The molecule has 1 fully saturated rings.